The predicted octanol–water partition coefficient (Wildman–Crippen LogP) is 3.41. The highest BCUT2D eigenvalue weighted by atomic mass is 16.1. The summed E-state index contributed by atoms with van der Waals surface area (Å²) in [4.78, 5) is 15.4. The Hall–Kier alpha value is -2.55. The lowest BCUT2D eigenvalue weighted by molar-refractivity contribution is 0.0952. The van der Waals surface area contributed by atoms with Gasteiger partial charge in [0.05, 0.1) is 11.1 Å². The number of aryl methyl sites for hydroxylation is 1. The molecule has 0 aliphatic rings. The fourth-order valence-corrected chi connectivity index (χ4v) is 2.26. The molecule has 100 valence electrons. The second-order valence-electron chi connectivity index (χ2n) is 4.92. The standard InChI is InChI=1S/C17H16N2O/c1-12-5-7-13(8-6-12)11-19-17(20)15-4-2-3-14-9-10-18-16(14)15/h2-10,18H,11H2,1H3,(H,19,20). The third kappa shape index (κ3) is 2.43. The molecule has 2 N–H and O–H groups in total. The molecule has 2 aromatic carbocycles. The molecule has 3 heteroatoms. The third-order valence-corrected chi connectivity index (χ3v) is 3.41. The summed E-state index contributed by atoms with van der Waals surface area (Å²) < 4.78 is 0. The number of fused-ring (bicyclic) bond motifs is 1. The van der Waals surface area contributed by atoms with Crippen LogP contribution in [0, 0.1) is 6.92 Å². The molecule has 0 fully saturated rings. The van der Waals surface area contributed by atoms with Gasteiger partial charge < -0.3 is 10.3 Å². The van der Waals surface area contributed by atoms with Crippen molar-refractivity contribution in [2.24, 2.45) is 0 Å². The Morgan fingerprint density at radius 1 is 1.10 bits per heavy atom. The van der Waals surface area contributed by atoms with Gasteiger partial charge >= 0.3 is 0 Å². The molecule has 0 atom stereocenters. The molecule has 0 aliphatic carbocycles. The van der Waals surface area contributed by atoms with Gasteiger partial charge in [-0.3, -0.25) is 4.79 Å². The van der Waals surface area contributed by atoms with Crippen molar-refractivity contribution in [3.63, 3.8) is 0 Å². The van der Waals surface area contributed by atoms with E-state index in [-0.39, 0.29) is 5.91 Å². The van der Waals surface area contributed by atoms with Gasteiger partial charge in [-0.1, -0.05) is 42.0 Å². The lowest BCUT2D eigenvalue weighted by Gasteiger charge is -2.07. The number of amides is 1. The van der Waals surface area contributed by atoms with Gasteiger partial charge in [-0.05, 0) is 24.6 Å². The van der Waals surface area contributed by atoms with E-state index in [1.165, 1.54) is 5.56 Å². The zero-order valence-electron chi connectivity index (χ0n) is 11.3. The number of aromatic nitrogens is 1. The van der Waals surface area contributed by atoms with Gasteiger partial charge in [0.1, 0.15) is 0 Å². The molecule has 3 rings (SSSR count). The number of nitrogens with one attached hydrogen (secondary N) is 2. The summed E-state index contributed by atoms with van der Waals surface area (Å²) in [6.45, 7) is 2.59. The highest BCUT2D eigenvalue weighted by molar-refractivity contribution is 6.05. The molecule has 3 nitrogen and oxygen atoms in total. The summed E-state index contributed by atoms with van der Waals surface area (Å²) in [5, 5.41) is 4.01. The van der Waals surface area contributed by atoms with E-state index in [4.69, 9.17) is 0 Å². The maximum atomic E-state index is 12.3. The van der Waals surface area contributed by atoms with Crippen LogP contribution in [0.2, 0.25) is 0 Å². The van der Waals surface area contributed by atoms with Crippen molar-refractivity contribution < 1.29 is 4.79 Å². The van der Waals surface area contributed by atoms with Crippen LogP contribution in [0.15, 0.2) is 54.7 Å². The molecule has 1 heterocycles. The van der Waals surface area contributed by atoms with Crippen molar-refractivity contribution in [2.45, 2.75) is 13.5 Å². The van der Waals surface area contributed by atoms with Crippen molar-refractivity contribution in [2.75, 3.05) is 0 Å². The molecule has 0 radical (unpaired) electrons. The Morgan fingerprint density at radius 2 is 1.90 bits per heavy atom. The number of H-pyrrole nitrogens is 1. The maximum Gasteiger partial charge on any atom is 0.253 e. The van der Waals surface area contributed by atoms with E-state index in [0.29, 0.717) is 12.1 Å². The van der Waals surface area contributed by atoms with Crippen LogP contribution in [0.4, 0.5) is 0 Å². The molecule has 0 spiro atoms. The summed E-state index contributed by atoms with van der Waals surface area (Å²) in [6.07, 6.45) is 1.85. The van der Waals surface area contributed by atoms with E-state index >= 15 is 0 Å². The molecule has 0 unspecified atom stereocenters. The summed E-state index contributed by atoms with van der Waals surface area (Å²) in [7, 11) is 0. The molecule has 0 aliphatic heterocycles. The monoisotopic (exact) mass is 264 g/mol. The SMILES string of the molecule is Cc1ccc(CNC(=O)c2cccc3cc[nH]c23)cc1. The van der Waals surface area contributed by atoms with Crippen LogP contribution in [-0.4, -0.2) is 10.9 Å². The number of carbonyl (C=O) groups is 1. The van der Waals surface area contributed by atoms with Gasteiger partial charge in [-0.15, -0.1) is 0 Å². The van der Waals surface area contributed by atoms with E-state index in [9.17, 15) is 4.79 Å². The van der Waals surface area contributed by atoms with Gasteiger partial charge in [-0.25, -0.2) is 0 Å². The first-order valence-electron chi connectivity index (χ1n) is 6.64. The zero-order valence-corrected chi connectivity index (χ0v) is 11.3. The van der Waals surface area contributed by atoms with Gasteiger partial charge in [-0.2, -0.15) is 0 Å². The Morgan fingerprint density at radius 3 is 2.70 bits per heavy atom. The average Bonchev–Trinajstić information content (AvgIpc) is 2.94. The number of rotatable bonds is 3. The van der Waals surface area contributed by atoms with E-state index in [1.54, 1.807) is 0 Å². The quantitative estimate of drug-likeness (QED) is 0.748. The van der Waals surface area contributed by atoms with Crippen LogP contribution in [0.3, 0.4) is 0 Å². The summed E-state index contributed by atoms with van der Waals surface area (Å²) >= 11 is 0. The maximum absolute atomic E-state index is 12.3. The molecular formula is C17H16N2O. The van der Waals surface area contributed by atoms with Crippen molar-refractivity contribution in [3.8, 4) is 0 Å². The number of para-hydroxylation sites is 1. The summed E-state index contributed by atoms with van der Waals surface area (Å²) in [6, 6.07) is 15.9. The van der Waals surface area contributed by atoms with Gasteiger partial charge in [0.2, 0.25) is 0 Å². The summed E-state index contributed by atoms with van der Waals surface area (Å²) in [5.41, 5.74) is 3.88. The Labute approximate surface area is 117 Å². The Bertz CT molecular complexity index is 741. The van der Waals surface area contributed by atoms with Crippen LogP contribution < -0.4 is 5.32 Å². The smallest absolute Gasteiger partial charge is 0.253 e. The van der Waals surface area contributed by atoms with Crippen LogP contribution in [-0.2, 0) is 6.54 Å². The second kappa shape index (κ2) is 5.21. The number of hydrogen-bond donors (Lipinski definition) is 2. The van der Waals surface area contributed by atoms with Crippen LogP contribution in [0.5, 0.6) is 0 Å². The van der Waals surface area contributed by atoms with E-state index in [1.807, 2.05) is 61.7 Å². The lowest BCUT2D eigenvalue weighted by atomic mass is 10.1. The minimum atomic E-state index is -0.0568. The average molecular weight is 264 g/mol. The first-order chi connectivity index (χ1) is 9.74. The molecule has 1 amide bonds. The predicted molar refractivity (Wildman–Crippen MR) is 80.6 cm³/mol. The van der Waals surface area contributed by atoms with Crippen molar-refractivity contribution in [3.05, 3.63) is 71.4 Å². The first-order valence-corrected chi connectivity index (χ1v) is 6.64. The van der Waals surface area contributed by atoms with E-state index < -0.39 is 0 Å². The number of hydrogen-bond acceptors (Lipinski definition) is 1. The van der Waals surface area contributed by atoms with Gasteiger partial charge in [0.25, 0.3) is 5.91 Å². The second-order valence-corrected chi connectivity index (χ2v) is 4.92. The van der Waals surface area contributed by atoms with Gasteiger partial charge in [0, 0.05) is 18.1 Å². The van der Waals surface area contributed by atoms with E-state index in [2.05, 4.69) is 10.3 Å². The normalized spacial score (nSPS) is 10.7. The van der Waals surface area contributed by atoms with Crippen LogP contribution >= 0.6 is 0 Å². The molecule has 0 saturated carbocycles. The zero-order chi connectivity index (χ0) is 13.9. The fraction of sp³-hybridized carbons (Fsp3) is 0.118. The fourth-order valence-electron chi connectivity index (χ4n) is 2.26. The Kier molecular flexibility index (Phi) is 3.25. The Balaban J connectivity index is 1.76. The van der Waals surface area contributed by atoms with E-state index in [0.717, 1.165) is 16.5 Å². The lowest BCUT2D eigenvalue weighted by Crippen LogP contribution is -2.23. The summed E-state index contributed by atoms with van der Waals surface area (Å²) in [5.74, 6) is -0.0568. The molecule has 1 aromatic heterocycles. The van der Waals surface area contributed by atoms with Gasteiger partial charge in [0.15, 0.2) is 0 Å². The van der Waals surface area contributed by atoms with Crippen LogP contribution in [0.1, 0.15) is 21.5 Å². The highest BCUT2D eigenvalue weighted by Crippen LogP contribution is 2.16. The molecule has 0 saturated heterocycles. The minimum absolute atomic E-state index is 0.0568. The van der Waals surface area contributed by atoms with Crippen molar-refractivity contribution in [1.29, 1.82) is 0 Å². The molecular weight excluding hydrogens is 248 g/mol. The number of carbonyl (C=O) groups excluding carboxylic acids is 1. The van der Waals surface area contributed by atoms with Crippen LogP contribution in [0.25, 0.3) is 10.9 Å². The molecule has 3 aromatic rings. The molecule has 0 bridgehead atoms. The van der Waals surface area contributed by atoms with Crippen molar-refractivity contribution in [1.82, 2.24) is 10.3 Å². The minimum Gasteiger partial charge on any atom is -0.361 e. The largest absolute Gasteiger partial charge is 0.361 e. The molecule has 20 heavy (non-hydrogen) atoms. The van der Waals surface area contributed by atoms with Crippen molar-refractivity contribution >= 4 is 16.8 Å². The topological polar surface area (TPSA) is 44.9 Å². The third-order valence-electron chi connectivity index (χ3n) is 3.41. The highest BCUT2D eigenvalue weighted by Gasteiger charge is 2.10. The first kappa shape index (κ1) is 12.5. The number of aromatic amines is 1. The number of benzene rings is 2.